The Morgan fingerprint density at radius 1 is 1.20 bits per heavy atom. The Morgan fingerprint density at radius 2 is 1.83 bits per heavy atom. The first-order valence-electron chi connectivity index (χ1n) is 9.38. The van der Waals surface area contributed by atoms with Crippen LogP contribution in [0.5, 0.6) is 0 Å². The molecule has 3 saturated carbocycles. The molecule has 1 aromatic carbocycles. The van der Waals surface area contributed by atoms with Gasteiger partial charge in [-0.15, -0.1) is 0 Å². The van der Waals surface area contributed by atoms with Crippen molar-refractivity contribution in [1.82, 2.24) is 4.98 Å². The first-order valence-corrected chi connectivity index (χ1v) is 9.38. The molecule has 0 aliphatic heterocycles. The lowest BCUT2D eigenvalue weighted by Gasteiger charge is -2.72. The zero-order valence-corrected chi connectivity index (χ0v) is 16.0. The number of nitrogens with one attached hydrogen (secondary N) is 2. The van der Waals surface area contributed by atoms with Crippen molar-refractivity contribution in [1.29, 1.82) is 5.26 Å². The van der Waals surface area contributed by atoms with E-state index in [1.165, 1.54) is 24.3 Å². The first kappa shape index (κ1) is 20.1. The molecule has 5 nitrogen and oxygen atoms in total. The normalized spacial score (nSPS) is 25.3. The van der Waals surface area contributed by atoms with Crippen LogP contribution in [0.15, 0.2) is 36.5 Å². The van der Waals surface area contributed by atoms with Crippen LogP contribution < -0.4 is 10.6 Å². The molecule has 0 spiro atoms. The van der Waals surface area contributed by atoms with Crippen molar-refractivity contribution in [2.75, 3.05) is 10.6 Å². The van der Waals surface area contributed by atoms with Crippen LogP contribution in [0.2, 0.25) is 0 Å². The molecular formula is C21H18F4N4O. The van der Waals surface area contributed by atoms with Crippen molar-refractivity contribution < 1.29 is 22.4 Å². The third kappa shape index (κ3) is 3.26. The second-order valence-corrected chi connectivity index (χ2v) is 8.21. The largest absolute Gasteiger partial charge is 0.417 e. The number of rotatable bonds is 5. The SMILES string of the molecule is CC(C(=O)Nc1ccc(F)cc1)C12CC(Nc3nccc(C(F)(F)F)c3C#N)(C1)C2. The molecule has 1 aromatic heterocycles. The van der Waals surface area contributed by atoms with E-state index in [1.54, 1.807) is 6.07 Å². The first-order chi connectivity index (χ1) is 14.1. The minimum Gasteiger partial charge on any atom is -0.363 e. The fourth-order valence-electron chi connectivity index (χ4n) is 4.68. The number of benzene rings is 1. The summed E-state index contributed by atoms with van der Waals surface area (Å²) in [7, 11) is 0. The lowest BCUT2D eigenvalue weighted by molar-refractivity contribution is -0.166. The maximum absolute atomic E-state index is 13.1. The number of halogens is 4. The topological polar surface area (TPSA) is 77.8 Å². The zero-order chi connectivity index (χ0) is 21.7. The Bertz CT molecular complexity index is 1020. The number of hydrogen-bond acceptors (Lipinski definition) is 4. The van der Waals surface area contributed by atoms with E-state index >= 15 is 0 Å². The van der Waals surface area contributed by atoms with Gasteiger partial charge >= 0.3 is 6.18 Å². The molecule has 156 valence electrons. The average Bonchev–Trinajstić information content (AvgIpc) is 2.63. The Hall–Kier alpha value is -3.15. The smallest absolute Gasteiger partial charge is 0.363 e. The van der Waals surface area contributed by atoms with E-state index in [0.717, 1.165) is 12.3 Å². The number of nitrogens with zero attached hydrogens (tertiary/aromatic N) is 2. The van der Waals surface area contributed by atoms with Crippen LogP contribution in [-0.2, 0) is 11.0 Å². The number of carbonyl (C=O) groups is 1. The molecule has 1 amide bonds. The van der Waals surface area contributed by atoms with Crippen LogP contribution in [0.1, 0.15) is 37.3 Å². The average molecular weight is 418 g/mol. The third-order valence-electron chi connectivity index (χ3n) is 6.25. The number of nitriles is 1. The van der Waals surface area contributed by atoms with Gasteiger partial charge in [0.25, 0.3) is 0 Å². The Morgan fingerprint density at radius 3 is 2.40 bits per heavy atom. The molecule has 30 heavy (non-hydrogen) atoms. The molecule has 0 radical (unpaired) electrons. The Kier molecular flexibility index (Phi) is 4.49. The van der Waals surface area contributed by atoms with Crippen molar-refractivity contribution in [3.63, 3.8) is 0 Å². The number of anilines is 2. The number of alkyl halides is 3. The van der Waals surface area contributed by atoms with Crippen LogP contribution in [0.25, 0.3) is 0 Å². The summed E-state index contributed by atoms with van der Waals surface area (Å²) < 4.78 is 52.4. The van der Waals surface area contributed by atoms with Crippen molar-refractivity contribution in [2.24, 2.45) is 11.3 Å². The molecule has 1 heterocycles. The molecule has 1 atom stereocenters. The predicted molar refractivity (Wildman–Crippen MR) is 101 cm³/mol. The van der Waals surface area contributed by atoms with Gasteiger partial charge in [0.05, 0.1) is 5.56 Å². The minimum atomic E-state index is -4.64. The summed E-state index contributed by atoms with van der Waals surface area (Å²) in [5.74, 6) is -0.988. The molecule has 5 rings (SSSR count). The third-order valence-corrected chi connectivity index (χ3v) is 6.25. The number of amides is 1. The zero-order valence-electron chi connectivity index (χ0n) is 16.0. The van der Waals surface area contributed by atoms with Gasteiger partial charge in [-0.1, -0.05) is 6.92 Å². The lowest BCUT2D eigenvalue weighted by atomic mass is 9.36. The van der Waals surface area contributed by atoms with Gasteiger partial charge in [-0.05, 0) is 55.0 Å². The number of pyridine rings is 1. The predicted octanol–water partition coefficient (Wildman–Crippen LogP) is 4.72. The van der Waals surface area contributed by atoms with Gasteiger partial charge in [0.1, 0.15) is 23.3 Å². The van der Waals surface area contributed by atoms with Gasteiger partial charge in [0.15, 0.2) is 0 Å². The van der Waals surface area contributed by atoms with Gasteiger partial charge in [-0.2, -0.15) is 18.4 Å². The van der Waals surface area contributed by atoms with E-state index in [1.807, 2.05) is 6.92 Å². The van der Waals surface area contributed by atoms with E-state index in [0.29, 0.717) is 24.9 Å². The number of aromatic nitrogens is 1. The second kappa shape index (κ2) is 6.69. The van der Waals surface area contributed by atoms with Crippen molar-refractivity contribution in [3.8, 4) is 6.07 Å². The summed E-state index contributed by atoms with van der Waals surface area (Å²) in [6.45, 7) is 1.81. The number of hydrogen-bond donors (Lipinski definition) is 2. The molecule has 3 aliphatic carbocycles. The Labute approximate surface area is 170 Å². The van der Waals surface area contributed by atoms with Gasteiger partial charge < -0.3 is 10.6 Å². The standard InChI is InChI=1S/C21H18F4N4O/c1-12(18(30)28-14-4-2-13(22)3-5-14)19-9-20(10-19,11-19)29-17-15(8-26)16(6-7-27-17)21(23,24)25/h2-7,12H,9-11H2,1H3,(H,27,29)(H,28,30). The summed E-state index contributed by atoms with van der Waals surface area (Å²) in [5, 5.41) is 15.0. The van der Waals surface area contributed by atoms with Crippen molar-refractivity contribution in [3.05, 3.63) is 53.5 Å². The second-order valence-electron chi connectivity index (χ2n) is 8.21. The maximum atomic E-state index is 13.1. The van der Waals surface area contributed by atoms with Crippen molar-refractivity contribution >= 4 is 17.4 Å². The van der Waals surface area contributed by atoms with E-state index < -0.39 is 28.7 Å². The molecule has 2 aromatic rings. The lowest BCUT2D eigenvalue weighted by Crippen LogP contribution is -2.74. The highest BCUT2D eigenvalue weighted by atomic mass is 19.4. The van der Waals surface area contributed by atoms with Gasteiger partial charge in [-0.25, -0.2) is 9.37 Å². The summed E-state index contributed by atoms with van der Waals surface area (Å²) in [6, 6.07) is 7.87. The van der Waals surface area contributed by atoms with Gasteiger partial charge in [-0.3, -0.25) is 4.79 Å². The van der Waals surface area contributed by atoms with Crippen LogP contribution in [0.3, 0.4) is 0 Å². The number of carbonyl (C=O) groups excluding carboxylic acids is 1. The highest BCUT2D eigenvalue weighted by molar-refractivity contribution is 5.93. The maximum Gasteiger partial charge on any atom is 0.417 e. The van der Waals surface area contributed by atoms with Gasteiger partial charge in [0.2, 0.25) is 5.91 Å². The molecule has 3 aliphatic rings. The monoisotopic (exact) mass is 418 g/mol. The Balaban J connectivity index is 1.42. The van der Waals surface area contributed by atoms with E-state index in [9.17, 15) is 27.6 Å². The molecule has 2 N–H and O–H groups in total. The summed E-state index contributed by atoms with van der Waals surface area (Å²) in [4.78, 5) is 16.5. The fraction of sp³-hybridized carbons (Fsp3) is 0.381. The molecule has 9 heteroatoms. The summed E-state index contributed by atoms with van der Waals surface area (Å²) in [6.07, 6.45) is -1.81. The van der Waals surface area contributed by atoms with Crippen LogP contribution in [0, 0.1) is 28.5 Å². The fourth-order valence-corrected chi connectivity index (χ4v) is 4.68. The summed E-state index contributed by atoms with van der Waals surface area (Å²) >= 11 is 0. The van der Waals surface area contributed by atoms with Crippen molar-refractivity contribution in [2.45, 2.75) is 37.9 Å². The quantitative estimate of drug-likeness (QED) is 0.689. The molecule has 2 bridgehead atoms. The van der Waals surface area contributed by atoms with Gasteiger partial charge in [0, 0.05) is 23.3 Å². The molecule has 0 saturated heterocycles. The summed E-state index contributed by atoms with van der Waals surface area (Å²) in [5.41, 5.74) is -1.74. The van der Waals surface area contributed by atoms with Crippen LogP contribution >= 0.6 is 0 Å². The minimum absolute atomic E-state index is 0.0796. The highest BCUT2D eigenvalue weighted by Gasteiger charge is 2.71. The highest BCUT2D eigenvalue weighted by Crippen LogP contribution is 2.71. The molecule has 3 fully saturated rings. The van der Waals surface area contributed by atoms with E-state index in [4.69, 9.17) is 0 Å². The molecular weight excluding hydrogens is 400 g/mol. The van der Waals surface area contributed by atoms with E-state index in [2.05, 4.69) is 15.6 Å². The van der Waals surface area contributed by atoms with Crippen LogP contribution in [-0.4, -0.2) is 16.4 Å². The molecule has 1 unspecified atom stereocenters. The van der Waals surface area contributed by atoms with Crippen LogP contribution in [0.4, 0.5) is 29.1 Å². The van der Waals surface area contributed by atoms with E-state index in [-0.39, 0.29) is 23.1 Å².